The average Bonchev–Trinajstić information content (AvgIpc) is 2.44. The summed E-state index contributed by atoms with van der Waals surface area (Å²) < 4.78 is 0. The van der Waals surface area contributed by atoms with E-state index in [1.165, 1.54) is 16.7 Å². The molecule has 0 aliphatic carbocycles. The molecule has 1 aromatic heterocycles. The predicted octanol–water partition coefficient (Wildman–Crippen LogP) is 5.74. The molecule has 0 saturated heterocycles. The second-order valence-electron chi connectivity index (χ2n) is 8.32. The van der Waals surface area contributed by atoms with Crippen molar-refractivity contribution in [1.29, 1.82) is 0 Å². The second kappa shape index (κ2) is 6.96. The van der Waals surface area contributed by atoms with E-state index in [4.69, 9.17) is 10.7 Å². The molecule has 0 aliphatic heterocycles. The van der Waals surface area contributed by atoms with Crippen molar-refractivity contribution in [2.45, 2.75) is 54.9 Å². The maximum atomic E-state index is 6.49. The van der Waals surface area contributed by atoms with Crippen LogP contribution in [-0.4, -0.2) is 4.98 Å². The molecule has 0 amide bonds. The summed E-state index contributed by atoms with van der Waals surface area (Å²) in [5.74, 6) is 0.554. The zero-order valence-corrected chi connectivity index (χ0v) is 16.2. The number of nitrogens with two attached hydrogens (primary N) is 1. The maximum Gasteiger partial charge on any atom is 0.0613 e. The van der Waals surface area contributed by atoms with Crippen LogP contribution in [0.1, 0.15) is 57.1 Å². The lowest BCUT2D eigenvalue weighted by Gasteiger charge is -2.25. The Bertz CT molecular complexity index is 704. The minimum absolute atomic E-state index is 0.0640. The second-order valence-corrected chi connectivity index (χ2v) is 8.32. The Balaban J connectivity index is 2.73. The summed E-state index contributed by atoms with van der Waals surface area (Å²) in [5, 5.41) is 0. The van der Waals surface area contributed by atoms with Crippen LogP contribution in [0.4, 0.5) is 5.69 Å². The average molecular weight is 324 g/mol. The number of aromatic nitrogens is 1. The van der Waals surface area contributed by atoms with Crippen molar-refractivity contribution in [1.82, 2.24) is 4.98 Å². The monoisotopic (exact) mass is 323 g/mol. The first kappa shape index (κ1) is 18.5. The highest BCUT2D eigenvalue weighted by Crippen LogP contribution is 2.38. The van der Waals surface area contributed by atoms with E-state index in [2.05, 4.69) is 72.2 Å². The number of aryl methyl sites for hydroxylation is 2. The molecule has 0 spiro atoms. The first-order valence-electron chi connectivity index (χ1n) is 8.80. The van der Waals surface area contributed by atoms with E-state index in [0.717, 1.165) is 29.1 Å². The van der Waals surface area contributed by atoms with Gasteiger partial charge in [0.05, 0.1) is 11.4 Å². The smallest absolute Gasteiger partial charge is 0.0613 e. The Labute approximate surface area is 147 Å². The number of nitrogens with zero attached hydrogens (tertiary/aromatic N) is 1. The molecular weight excluding hydrogens is 292 g/mol. The van der Waals surface area contributed by atoms with Crippen molar-refractivity contribution in [3.05, 3.63) is 53.2 Å². The zero-order chi connectivity index (χ0) is 18.1. The van der Waals surface area contributed by atoms with Gasteiger partial charge in [0.15, 0.2) is 0 Å². The van der Waals surface area contributed by atoms with Crippen molar-refractivity contribution >= 4 is 5.69 Å². The minimum Gasteiger partial charge on any atom is -0.397 e. The van der Waals surface area contributed by atoms with Gasteiger partial charge >= 0.3 is 0 Å². The fraction of sp³-hybridized carbons (Fsp3) is 0.455. The van der Waals surface area contributed by atoms with Gasteiger partial charge in [-0.15, -0.1) is 0 Å². The summed E-state index contributed by atoms with van der Waals surface area (Å²) >= 11 is 0. The van der Waals surface area contributed by atoms with Crippen molar-refractivity contribution in [3.63, 3.8) is 0 Å². The van der Waals surface area contributed by atoms with E-state index in [-0.39, 0.29) is 5.41 Å². The third-order valence-electron chi connectivity index (χ3n) is 4.06. The molecule has 0 atom stereocenters. The van der Waals surface area contributed by atoms with Crippen molar-refractivity contribution < 1.29 is 0 Å². The first-order chi connectivity index (χ1) is 11.1. The summed E-state index contributed by atoms with van der Waals surface area (Å²) in [6.07, 6.45) is 3.28. The largest absolute Gasteiger partial charge is 0.397 e. The van der Waals surface area contributed by atoms with Gasteiger partial charge in [-0.1, -0.05) is 64.4 Å². The normalized spacial score (nSPS) is 12.0. The SMILES string of the molecule is Cc1ccc(-c2c(N)c(C)nc(CC(C)C)c2[CH]C(C)(C)C)cc1. The fourth-order valence-electron chi connectivity index (χ4n) is 2.96. The zero-order valence-electron chi connectivity index (χ0n) is 16.2. The molecule has 1 radical (unpaired) electrons. The predicted molar refractivity (Wildman–Crippen MR) is 105 cm³/mol. The van der Waals surface area contributed by atoms with Crippen LogP contribution in [0.15, 0.2) is 24.3 Å². The number of hydrogen-bond donors (Lipinski definition) is 1. The van der Waals surface area contributed by atoms with Crippen LogP contribution in [0, 0.1) is 31.6 Å². The van der Waals surface area contributed by atoms with Crippen LogP contribution in [0.2, 0.25) is 0 Å². The number of pyridine rings is 1. The highest BCUT2D eigenvalue weighted by Gasteiger charge is 2.23. The molecule has 0 fully saturated rings. The maximum absolute atomic E-state index is 6.49. The lowest BCUT2D eigenvalue weighted by atomic mass is 9.82. The molecule has 129 valence electrons. The van der Waals surface area contributed by atoms with Gasteiger partial charge in [0, 0.05) is 11.3 Å². The third-order valence-corrected chi connectivity index (χ3v) is 4.06. The molecule has 2 aromatic rings. The van der Waals surface area contributed by atoms with E-state index < -0.39 is 0 Å². The van der Waals surface area contributed by atoms with Crippen LogP contribution < -0.4 is 5.73 Å². The summed E-state index contributed by atoms with van der Waals surface area (Å²) in [7, 11) is 0. The molecule has 0 saturated carbocycles. The van der Waals surface area contributed by atoms with Crippen LogP contribution in [0.3, 0.4) is 0 Å². The standard InChI is InChI=1S/C22H31N2/c1-14(2)12-19-18(13-22(5,6)7)20(21(23)16(4)24-19)17-10-8-15(3)9-11-17/h8-11,13-14H,12,23H2,1-7H3. The Kier molecular flexibility index (Phi) is 5.37. The van der Waals surface area contributed by atoms with Crippen LogP contribution >= 0.6 is 0 Å². The van der Waals surface area contributed by atoms with Crippen molar-refractivity contribution in [2.75, 3.05) is 5.73 Å². The number of benzene rings is 1. The number of rotatable bonds is 4. The number of anilines is 1. The Morgan fingerprint density at radius 3 is 2.17 bits per heavy atom. The molecule has 0 bridgehead atoms. The lowest BCUT2D eigenvalue weighted by Crippen LogP contribution is -2.14. The molecule has 0 aliphatic rings. The van der Waals surface area contributed by atoms with Gasteiger partial charge in [-0.25, -0.2) is 0 Å². The number of nitrogen functional groups attached to an aromatic ring is 1. The Morgan fingerprint density at radius 1 is 1.08 bits per heavy atom. The van der Waals surface area contributed by atoms with Gasteiger partial charge in [0.25, 0.3) is 0 Å². The number of hydrogen-bond acceptors (Lipinski definition) is 2. The summed E-state index contributed by atoms with van der Waals surface area (Å²) in [4.78, 5) is 4.84. The first-order valence-corrected chi connectivity index (χ1v) is 8.80. The molecule has 2 heteroatoms. The van der Waals surface area contributed by atoms with Gasteiger partial charge in [-0.2, -0.15) is 0 Å². The fourth-order valence-corrected chi connectivity index (χ4v) is 2.96. The molecular formula is C22H31N2. The molecule has 0 unspecified atom stereocenters. The summed E-state index contributed by atoms with van der Waals surface area (Å²) in [6.45, 7) is 15.3. The van der Waals surface area contributed by atoms with Crippen LogP contribution in [0.5, 0.6) is 0 Å². The van der Waals surface area contributed by atoms with Crippen molar-refractivity contribution in [2.24, 2.45) is 11.3 Å². The highest BCUT2D eigenvalue weighted by atomic mass is 14.8. The van der Waals surface area contributed by atoms with E-state index in [1.54, 1.807) is 0 Å². The Morgan fingerprint density at radius 2 is 1.67 bits per heavy atom. The minimum atomic E-state index is 0.0640. The third kappa shape index (κ3) is 4.37. The van der Waals surface area contributed by atoms with E-state index in [0.29, 0.717) is 5.92 Å². The van der Waals surface area contributed by atoms with Gasteiger partial charge in [-0.3, -0.25) is 4.98 Å². The Hall–Kier alpha value is -1.83. The van der Waals surface area contributed by atoms with Gasteiger partial charge < -0.3 is 5.73 Å². The summed E-state index contributed by atoms with van der Waals surface area (Å²) in [5.41, 5.74) is 14.2. The molecule has 2 N–H and O–H groups in total. The molecule has 1 heterocycles. The van der Waals surface area contributed by atoms with Gasteiger partial charge in [-0.05, 0) is 49.1 Å². The van der Waals surface area contributed by atoms with Gasteiger partial charge in [0.1, 0.15) is 0 Å². The summed E-state index contributed by atoms with van der Waals surface area (Å²) in [6, 6.07) is 8.63. The van der Waals surface area contributed by atoms with Crippen LogP contribution in [0.25, 0.3) is 11.1 Å². The highest BCUT2D eigenvalue weighted by molar-refractivity contribution is 5.82. The topological polar surface area (TPSA) is 38.9 Å². The van der Waals surface area contributed by atoms with E-state index >= 15 is 0 Å². The van der Waals surface area contributed by atoms with Gasteiger partial charge in [0.2, 0.25) is 0 Å². The van der Waals surface area contributed by atoms with E-state index in [1.807, 2.05) is 6.92 Å². The van der Waals surface area contributed by atoms with E-state index in [9.17, 15) is 0 Å². The lowest BCUT2D eigenvalue weighted by molar-refractivity contribution is 0.502. The van der Waals surface area contributed by atoms with Crippen LogP contribution in [-0.2, 0) is 6.42 Å². The quantitative estimate of drug-likeness (QED) is 0.778. The van der Waals surface area contributed by atoms with Crippen molar-refractivity contribution in [3.8, 4) is 11.1 Å². The molecule has 1 aromatic carbocycles. The molecule has 24 heavy (non-hydrogen) atoms. The molecule has 2 rings (SSSR count). The molecule has 2 nitrogen and oxygen atoms in total.